The molecule has 2 rings (SSSR count). The number of aryl methyl sites for hydroxylation is 1. The highest BCUT2D eigenvalue weighted by Crippen LogP contribution is 2.29. The van der Waals surface area contributed by atoms with Gasteiger partial charge >= 0.3 is 0 Å². The van der Waals surface area contributed by atoms with Crippen molar-refractivity contribution in [3.05, 3.63) is 33.4 Å². The van der Waals surface area contributed by atoms with Gasteiger partial charge in [0.15, 0.2) is 4.47 Å². The summed E-state index contributed by atoms with van der Waals surface area (Å²) in [6.45, 7) is 1.91. The zero-order valence-electron chi connectivity index (χ0n) is 7.86. The molecule has 2 heterocycles. The van der Waals surface area contributed by atoms with Crippen LogP contribution in [0.25, 0.3) is 11.3 Å². The van der Waals surface area contributed by atoms with Crippen molar-refractivity contribution in [2.75, 3.05) is 0 Å². The second kappa shape index (κ2) is 3.97. The summed E-state index contributed by atoms with van der Waals surface area (Å²) in [6, 6.07) is 5.84. The number of pyridine rings is 1. The zero-order chi connectivity index (χ0) is 10.8. The molecular formula is C10H6ClN3S. The highest BCUT2D eigenvalue weighted by molar-refractivity contribution is 7.16. The third-order valence-electron chi connectivity index (χ3n) is 1.89. The SMILES string of the molecule is Cc1ccc(-c2nc(Cl)sc2C#N)cn1. The molecule has 0 aliphatic carbocycles. The lowest BCUT2D eigenvalue weighted by atomic mass is 10.2. The quantitative estimate of drug-likeness (QED) is 0.763. The second-order valence-corrected chi connectivity index (χ2v) is 4.53. The first-order chi connectivity index (χ1) is 7.20. The maximum absolute atomic E-state index is 8.89. The summed E-state index contributed by atoms with van der Waals surface area (Å²) in [7, 11) is 0. The van der Waals surface area contributed by atoms with Gasteiger partial charge in [0.1, 0.15) is 16.6 Å². The van der Waals surface area contributed by atoms with Crippen molar-refractivity contribution in [1.29, 1.82) is 5.26 Å². The van der Waals surface area contributed by atoms with Crippen LogP contribution in [0.3, 0.4) is 0 Å². The summed E-state index contributed by atoms with van der Waals surface area (Å²) in [4.78, 5) is 8.77. The number of rotatable bonds is 1. The standard InChI is InChI=1S/C10H6ClN3S/c1-6-2-3-7(5-13-6)9-8(4-12)15-10(11)14-9/h2-3,5H,1H3. The van der Waals surface area contributed by atoms with E-state index in [1.807, 2.05) is 19.1 Å². The van der Waals surface area contributed by atoms with E-state index in [2.05, 4.69) is 16.0 Å². The van der Waals surface area contributed by atoms with Gasteiger partial charge in [-0.3, -0.25) is 4.98 Å². The predicted molar refractivity (Wildman–Crippen MR) is 59.8 cm³/mol. The molecule has 0 amide bonds. The van der Waals surface area contributed by atoms with E-state index >= 15 is 0 Å². The van der Waals surface area contributed by atoms with Crippen LogP contribution in [0.2, 0.25) is 4.47 Å². The Bertz CT molecular complexity index is 525. The van der Waals surface area contributed by atoms with Crippen LogP contribution in [-0.2, 0) is 0 Å². The van der Waals surface area contributed by atoms with E-state index in [0.717, 1.165) is 11.3 Å². The molecule has 0 aromatic carbocycles. The van der Waals surface area contributed by atoms with E-state index in [4.69, 9.17) is 16.9 Å². The third-order valence-corrected chi connectivity index (χ3v) is 2.95. The fourth-order valence-corrected chi connectivity index (χ4v) is 2.10. The largest absolute Gasteiger partial charge is 0.261 e. The van der Waals surface area contributed by atoms with Gasteiger partial charge in [0.2, 0.25) is 0 Å². The topological polar surface area (TPSA) is 49.6 Å². The Balaban J connectivity index is 2.54. The number of hydrogen-bond donors (Lipinski definition) is 0. The van der Waals surface area contributed by atoms with Crippen LogP contribution in [-0.4, -0.2) is 9.97 Å². The van der Waals surface area contributed by atoms with Crippen molar-refractivity contribution >= 4 is 22.9 Å². The van der Waals surface area contributed by atoms with Gasteiger partial charge in [-0.25, -0.2) is 4.98 Å². The highest BCUT2D eigenvalue weighted by Gasteiger charge is 2.11. The first-order valence-corrected chi connectivity index (χ1v) is 5.39. The van der Waals surface area contributed by atoms with Gasteiger partial charge in [-0.05, 0) is 19.1 Å². The molecule has 2 aromatic rings. The number of thiazole rings is 1. The molecule has 0 aliphatic heterocycles. The minimum atomic E-state index is 0.377. The van der Waals surface area contributed by atoms with Crippen molar-refractivity contribution in [1.82, 2.24) is 9.97 Å². The first kappa shape index (κ1) is 10.1. The van der Waals surface area contributed by atoms with Crippen LogP contribution in [0.5, 0.6) is 0 Å². The van der Waals surface area contributed by atoms with E-state index in [0.29, 0.717) is 15.0 Å². The first-order valence-electron chi connectivity index (χ1n) is 4.20. The lowest BCUT2D eigenvalue weighted by Crippen LogP contribution is -1.84. The van der Waals surface area contributed by atoms with Crippen LogP contribution in [0.15, 0.2) is 18.3 Å². The molecule has 2 aromatic heterocycles. The number of nitrogens with zero attached hydrogens (tertiary/aromatic N) is 3. The fourth-order valence-electron chi connectivity index (χ4n) is 1.17. The maximum atomic E-state index is 8.89. The van der Waals surface area contributed by atoms with E-state index in [-0.39, 0.29) is 0 Å². The smallest absolute Gasteiger partial charge is 0.185 e. The molecule has 5 heteroatoms. The average Bonchev–Trinajstić information content (AvgIpc) is 2.61. The van der Waals surface area contributed by atoms with E-state index in [1.54, 1.807) is 6.20 Å². The Morgan fingerprint density at radius 2 is 2.27 bits per heavy atom. The van der Waals surface area contributed by atoms with Gasteiger partial charge in [-0.2, -0.15) is 5.26 Å². The number of hydrogen-bond acceptors (Lipinski definition) is 4. The van der Waals surface area contributed by atoms with Crippen LogP contribution >= 0.6 is 22.9 Å². The van der Waals surface area contributed by atoms with E-state index < -0.39 is 0 Å². The van der Waals surface area contributed by atoms with Gasteiger partial charge in [0.25, 0.3) is 0 Å². The molecule has 3 nitrogen and oxygen atoms in total. The molecule has 0 saturated heterocycles. The van der Waals surface area contributed by atoms with Crippen molar-refractivity contribution < 1.29 is 0 Å². The summed E-state index contributed by atoms with van der Waals surface area (Å²) in [6.07, 6.45) is 1.70. The maximum Gasteiger partial charge on any atom is 0.185 e. The van der Waals surface area contributed by atoms with Crippen molar-refractivity contribution in [3.8, 4) is 17.3 Å². The highest BCUT2D eigenvalue weighted by atomic mass is 35.5. The summed E-state index contributed by atoms with van der Waals surface area (Å²) < 4.78 is 0.377. The van der Waals surface area contributed by atoms with Gasteiger partial charge < -0.3 is 0 Å². The monoisotopic (exact) mass is 235 g/mol. The molecule has 0 unspecified atom stereocenters. The van der Waals surface area contributed by atoms with E-state index in [9.17, 15) is 0 Å². The molecule has 0 aliphatic rings. The molecule has 0 N–H and O–H groups in total. The van der Waals surface area contributed by atoms with Crippen LogP contribution < -0.4 is 0 Å². The predicted octanol–water partition coefficient (Wildman–Crippen LogP) is 3.04. The number of aromatic nitrogens is 2. The van der Waals surface area contributed by atoms with Crippen molar-refractivity contribution in [2.24, 2.45) is 0 Å². The van der Waals surface area contributed by atoms with Crippen LogP contribution in [0.4, 0.5) is 0 Å². The van der Waals surface area contributed by atoms with Gasteiger partial charge in [0.05, 0.1) is 0 Å². The fraction of sp³-hybridized carbons (Fsp3) is 0.100. The summed E-state index contributed by atoms with van der Waals surface area (Å²) in [5.74, 6) is 0. The lowest BCUT2D eigenvalue weighted by molar-refractivity contribution is 1.20. The molecule has 0 radical (unpaired) electrons. The molecule has 0 bridgehead atoms. The van der Waals surface area contributed by atoms with E-state index in [1.165, 1.54) is 11.3 Å². The van der Waals surface area contributed by atoms with Crippen molar-refractivity contribution in [3.63, 3.8) is 0 Å². The van der Waals surface area contributed by atoms with Gasteiger partial charge in [0, 0.05) is 17.5 Å². The summed E-state index contributed by atoms with van der Waals surface area (Å²) in [5, 5.41) is 8.89. The van der Waals surface area contributed by atoms with Gasteiger partial charge in [-0.1, -0.05) is 22.9 Å². The summed E-state index contributed by atoms with van der Waals surface area (Å²) >= 11 is 6.94. The third kappa shape index (κ3) is 1.99. The van der Waals surface area contributed by atoms with Gasteiger partial charge in [-0.15, -0.1) is 0 Å². The molecule has 0 spiro atoms. The van der Waals surface area contributed by atoms with Crippen molar-refractivity contribution in [2.45, 2.75) is 6.92 Å². The number of nitriles is 1. The Morgan fingerprint density at radius 3 is 2.87 bits per heavy atom. The molecule has 15 heavy (non-hydrogen) atoms. The summed E-state index contributed by atoms with van der Waals surface area (Å²) in [5.41, 5.74) is 2.36. The minimum Gasteiger partial charge on any atom is -0.261 e. The molecule has 74 valence electrons. The Morgan fingerprint density at radius 1 is 1.47 bits per heavy atom. The zero-order valence-corrected chi connectivity index (χ0v) is 9.43. The Kier molecular flexibility index (Phi) is 2.67. The lowest BCUT2D eigenvalue weighted by Gasteiger charge is -1.96. The van der Waals surface area contributed by atoms with Crippen LogP contribution in [0.1, 0.15) is 10.6 Å². The minimum absolute atomic E-state index is 0.377. The average molecular weight is 236 g/mol. The molecule has 0 fully saturated rings. The van der Waals surface area contributed by atoms with Crippen LogP contribution in [0, 0.1) is 18.3 Å². The molecular weight excluding hydrogens is 230 g/mol. The normalized spacial score (nSPS) is 9.93. The molecule has 0 atom stereocenters. The second-order valence-electron chi connectivity index (χ2n) is 2.94. The Labute approximate surface area is 96.0 Å². The number of halogens is 1. The molecule has 0 saturated carbocycles. The Hall–Kier alpha value is -1.44.